The average molecular weight is 547 g/mol. The molecule has 1 amide bonds. The normalized spacial score (nSPS) is 11.7. The SMILES string of the molecule is O=C(Nc1ccc(O)c(S(=O)(=O)Nc2ccccc2)c1)c1ccc(-c2ccc(C(F)(F)F)cc2Cl)cc1. The molecule has 0 spiro atoms. The highest BCUT2D eigenvalue weighted by molar-refractivity contribution is 7.92. The Balaban J connectivity index is 1.52. The molecule has 0 saturated heterocycles. The summed E-state index contributed by atoms with van der Waals surface area (Å²) in [5.41, 5.74) is 0.607. The number of hydrogen-bond acceptors (Lipinski definition) is 4. The molecule has 0 unspecified atom stereocenters. The molecule has 190 valence electrons. The number of carbonyl (C=O) groups is 1. The number of aromatic hydroxyl groups is 1. The number of para-hydroxylation sites is 1. The first-order valence-electron chi connectivity index (χ1n) is 10.6. The van der Waals surface area contributed by atoms with Gasteiger partial charge in [-0.25, -0.2) is 8.42 Å². The molecule has 0 aliphatic heterocycles. The first-order chi connectivity index (χ1) is 17.4. The number of alkyl halides is 3. The Labute approximate surface area is 215 Å². The van der Waals surface area contributed by atoms with E-state index in [0.29, 0.717) is 16.8 Å². The topological polar surface area (TPSA) is 95.5 Å². The highest BCUT2D eigenvalue weighted by Gasteiger charge is 2.31. The van der Waals surface area contributed by atoms with Gasteiger partial charge in [-0.3, -0.25) is 9.52 Å². The molecule has 0 fully saturated rings. The van der Waals surface area contributed by atoms with Gasteiger partial charge in [-0.1, -0.05) is 48.0 Å². The lowest BCUT2D eigenvalue weighted by molar-refractivity contribution is -0.137. The van der Waals surface area contributed by atoms with E-state index in [9.17, 15) is 31.5 Å². The van der Waals surface area contributed by atoms with Crippen molar-refractivity contribution >= 4 is 38.9 Å². The van der Waals surface area contributed by atoms with Crippen LogP contribution in [0.1, 0.15) is 15.9 Å². The monoisotopic (exact) mass is 546 g/mol. The van der Waals surface area contributed by atoms with Crippen LogP contribution < -0.4 is 10.0 Å². The van der Waals surface area contributed by atoms with Gasteiger partial charge in [0.1, 0.15) is 10.6 Å². The third-order valence-electron chi connectivity index (χ3n) is 5.29. The highest BCUT2D eigenvalue weighted by Crippen LogP contribution is 2.36. The molecule has 0 heterocycles. The van der Waals surface area contributed by atoms with Gasteiger partial charge in [-0.15, -0.1) is 0 Å². The van der Waals surface area contributed by atoms with Crippen LogP contribution in [-0.4, -0.2) is 19.4 Å². The minimum absolute atomic E-state index is 0.0889. The maximum Gasteiger partial charge on any atom is 0.416 e. The van der Waals surface area contributed by atoms with Crippen molar-refractivity contribution in [1.29, 1.82) is 0 Å². The molecule has 6 nitrogen and oxygen atoms in total. The number of hydrogen-bond donors (Lipinski definition) is 3. The number of halogens is 4. The second-order valence-corrected chi connectivity index (χ2v) is 9.94. The van der Waals surface area contributed by atoms with E-state index >= 15 is 0 Å². The van der Waals surface area contributed by atoms with E-state index in [1.807, 2.05) is 0 Å². The molecule has 0 aliphatic rings. The lowest BCUT2D eigenvalue weighted by Gasteiger charge is -2.12. The van der Waals surface area contributed by atoms with Crippen LogP contribution in [0.25, 0.3) is 11.1 Å². The summed E-state index contributed by atoms with van der Waals surface area (Å²) in [6, 6.07) is 20.7. The molecule has 0 atom stereocenters. The Morgan fingerprint density at radius 2 is 1.51 bits per heavy atom. The number of benzene rings is 4. The lowest BCUT2D eigenvalue weighted by Crippen LogP contribution is -2.15. The van der Waals surface area contributed by atoms with Gasteiger partial charge in [0.25, 0.3) is 15.9 Å². The summed E-state index contributed by atoms with van der Waals surface area (Å²) in [7, 11) is -4.15. The molecule has 0 radical (unpaired) electrons. The van der Waals surface area contributed by atoms with Crippen LogP contribution in [0.2, 0.25) is 5.02 Å². The quantitative estimate of drug-likeness (QED) is 0.232. The fraction of sp³-hybridized carbons (Fsp3) is 0.0385. The zero-order chi connectivity index (χ0) is 26.8. The van der Waals surface area contributed by atoms with E-state index < -0.39 is 38.3 Å². The summed E-state index contributed by atoms with van der Waals surface area (Å²) in [6.45, 7) is 0. The summed E-state index contributed by atoms with van der Waals surface area (Å²) in [5, 5.41) is 12.6. The van der Waals surface area contributed by atoms with E-state index in [0.717, 1.165) is 24.3 Å². The van der Waals surface area contributed by atoms with Gasteiger partial charge in [-0.05, 0) is 60.2 Å². The maximum absolute atomic E-state index is 12.9. The summed E-state index contributed by atoms with van der Waals surface area (Å²) < 4.78 is 66.5. The lowest BCUT2D eigenvalue weighted by atomic mass is 10.0. The molecular weight excluding hydrogens is 529 g/mol. The maximum atomic E-state index is 12.9. The van der Waals surface area contributed by atoms with Crippen LogP contribution in [0.4, 0.5) is 24.5 Å². The molecular formula is C26H18ClF3N2O4S. The summed E-state index contributed by atoms with van der Waals surface area (Å²) >= 11 is 6.04. The number of sulfonamides is 1. The van der Waals surface area contributed by atoms with Crippen molar-refractivity contribution in [1.82, 2.24) is 0 Å². The van der Waals surface area contributed by atoms with Crippen molar-refractivity contribution in [3.05, 3.63) is 107 Å². The second kappa shape index (κ2) is 10.2. The number of phenolic OH excluding ortho intramolecular Hbond substituents is 1. The first-order valence-corrected chi connectivity index (χ1v) is 12.5. The minimum Gasteiger partial charge on any atom is -0.507 e. The molecule has 11 heteroatoms. The Morgan fingerprint density at radius 1 is 0.838 bits per heavy atom. The molecule has 4 rings (SSSR count). The van der Waals surface area contributed by atoms with Crippen LogP contribution in [0.3, 0.4) is 0 Å². The zero-order valence-electron chi connectivity index (χ0n) is 18.8. The molecule has 37 heavy (non-hydrogen) atoms. The van der Waals surface area contributed by atoms with E-state index in [1.54, 1.807) is 30.3 Å². The number of nitrogens with one attached hydrogen (secondary N) is 2. The third-order valence-corrected chi connectivity index (χ3v) is 7.01. The molecule has 0 saturated carbocycles. The van der Waals surface area contributed by atoms with E-state index in [4.69, 9.17) is 11.6 Å². The van der Waals surface area contributed by atoms with Gasteiger partial charge in [0.05, 0.1) is 5.56 Å². The van der Waals surface area contributed by atoms with Gasteiger partial charge in [0.2, 0.25) is 0 Å². The average Bonchev–Trinajstić information content (AvgIpc) is 2.85. The van der Waals surface area contributed by atoms with Gasteiger partial charge in [0.15, 0.2) is 0 Å². The summed E-state index contributed by atoms with van der Waals surface area (Å²) in [4.78, 5) is 12.3. The van der Waals surface area contributed by atoms with Crippen molar-refractivity contribution < 1.29 is 31.5 Å². The molecule has 0 aromatic heterocycles. The minimum atomic E-state index is -4.52. The van der Waals surface area contributed by atoms with E-state index in [2.05, 4.69) is 10.0 Å². The fourth-order valence-electron chi connectivity index (χ4n) is 3.45. The van der Waals surface area contributed by atoms with Gasteiger partial charge >= 0.3 is 6.18 Å². The predicted molar refractivity (Wildman–Crippen MR) is 135 cm³/mol. The Kier molecular flexibility index (Phi) is 7.15. The number of rotatable bonds is 6. The van der Waals surface area contributed by atoms with Crippen LogP contribution in [0, 0.1) is 0 Å². The number of amides is 1. The number of phenols is 1. The van der Waals surface area contributed by atoms with Gasteiger partial charge < -0.3 is 10.4 Å². The highest BCUT2D eigenvalue weighted by atomic mass is 35.5. The standard InChI is InChI=1S/C26H18ClF3N2O4S/c27-22-14-18(26(28,29)30)10-12-21(22)16-6-8-17(9-7-16)25(34)31-20-11-13-23(33)24(15-20)37(35,36)32-19-4-2-1-3-5-19/h1-15,32-33H,(H,31,34). The fourth-order valence-corrected chi connectivity index (χ4v) is 4.92. The molecule has 4 aromatic carbocycles. The summed E-state index contributed by atoms with van der Waals surface area (Å²) in [5.74, 6) is -1.07. The van der Waals surface area contributed by atoms with Crippen LogP contribution >= 0.6 is 11.6 Å². The van der Waals surface area contributed by atoms with Crippen LogP contribution in [-0.2, 0) is 16.2 Å². The second-order valence-electron chi connectivity index (χ2n) is 7.88. The largest absolute Gasteiger partial charge is 0.507 e. The van der Waals surface area contributed by atoms with Crippen molar-refractivity contribution in [2.45, 2.75) is 11.1 Å². The van der Waals surface area contributed by atoms with E-state index in [1.165, 1.54) is 36.4 Å². The van der Waals surface area contributed by atoms with Gasteiger partial charge in [0, 0.05) is 27.5 Å². The van der Waals surface area contributed by atoms with Crippen molar-refractivity contribution in [3.8, 4) is 16.9 Å². The Hall–Kier alpha value is -4.02. The number of anilines is 2. The smallest absolute Gasteiger partial charge is 0.416 e. The van der Waals surface area contributed by atoms with Crippen molar-refractivity contribution in [2.75, 3.05) is 10.0 Å². The Bertz CT molecular complexity index is 1560. The van der Waals surface area contributed by atoms with Crippen LogP contribution in [0.5, 0.6) is 5.75 Å². The third kappa shape index (κ3) is 6.04. The molecule has 4 aromatic rings. The first kappa shape index (κ1) is 26.1. The van der Waals surface area contributed by atoms with E-state index in [-0.39, 0.29) is 16.3 Å². The predicted octanol–water partition coefficient (Wildman–Crippen LogP) is 6.78. The molecule has 3 N–H and O–H groups in total. The summed E-state index contributed by atoms with van der Waals surface area (Å²) in [6.07, 6.45) is -4.52. The van der Waals surface area contributed by atoms with Gasteiger partial charge in [-0.2, -0.15) is 13.2 Å². The Morgan fingerprint density at radius 3 is 2.14 bits per heavy atom. The molecule has 0 bridgehead atoms. The zero-order valence-corrected chi connectivity index (χ0v) is 20.3. The van der Waals surface area contributed by atoms with Crippen molar-refractivity contribution in [3.63, 3.8) is 0 Å². The van der Waals surface area contributed by atoms with Crippen LogP contribution in [0.15, 0.2) is 95.9 Å². The molecule has 0 aliphatic carbocycles. The van der Waals surface area contributed by atoms with Crippen molar-refractivity contribution in [2.24, 2.45) is 0 Å². The number of carbonyl (C=O) groups excluding carboxylic acids is 1.